The average molecular weight is 187 g/mol. The molecule has 1 N–H and O–H groups in total. The fourth-order valence-corrected chi connectivity index (χ4v) is 0.692. The van der Waals surface area contributed by atoms with Gasteiger partial charge in [-0.2, -0.15) is 0 Å². The first-order valence-corrected chi connectivity index (χ1v) is 4.05. The normalized spacial score (nSPS) is 11.3. The molecule has 76 valence electrons. The van der Waals surface area contributed by atoms with E-state index in [4.69, 9.17) is 9.47 Å². The Morgan fingerprint density at radius 2 is 2.15 bits per heavy atom. The SMILES string of the molecule is C=CC(=O)C(C)(C)OCNCOC. The maximum Gasteiger partial charge on any atom is 0.186 e. The van der Waals surface area contributed by atoms with Crippen molar-refractivity contribution < 1.29 is 14.3 Å². The van der Waals surface area contributed by atoms with Crippen LogP contribution in [-0.4, -0.2) is 32.0 Å². The lowest BCUT2D eigenvalue weighted by Gasteiger charge is -2.22. The number of ether oxygens (including phenoxy) is 2. The summed E-state index contributed by atoms with van der Waals surface area (Å²) in [4.78, 5) is 11.2. The van der Waals surface area contributed by atoms with Crippen LogP contribution in [0.2, 0.25) is 0 Å². The lowest BCUT2D eigenvalue weighted by molar-refractivity contribution is -0.136. The lowest BCUT2D eigenvalue weighted by atomic mass is 10.0. The van der Waals surface area contributed by atoms with Gasteiger partial charge in [0.1, 0.15) is 5.60 Å². The van der Waals surface area contributed by atoms with Crippen LogP contribution in [0.4, 0.5) is 0 Å². The molecule has 0 radical (unpaired) electrons. The number of ketones is 1. The van der Waals surface area contributed by atoms with E-state index in [0.717, 1.165) is 0 Å². The molecule has 0 aliphatic carbocycles. The van der Waals surface area contributed by atoms with Crippen LogP contribution in [0, 0.1) is 0 Å². The third kappa shape index (κ3) is 4.77. The smallest absolute Gasteiger partial charge is 0.186 e. The number of rotatable bonds is 7. The molecule has 0 aromatic carbocycles. The van der Waals surface area contributed by atoms with Crippen LogP contribution >= 0.6 is 0 Å². The number of nitrogens with one attached hydrogen (secondary N) is 1. The average Bonchev–Trinajstić information content (AvgIpc) is 2.11. The van der Waals surface area contributed by atoms with E-state index in [9.17, 15) is 4.79 Å². The fraction of sp³-hybridized carbons (Fsp3) is 0.667. The molecule has 0 saturated heterocycles. The number of carbonyl (C=O) groups is 1. The molecule has 0 aromatic rings. The second kappa shape index (κ2) is 5.85. The van der Waals surface area contributed by atoms with Crippen LogP contribution in [0.15, 0.2) is 12.7 Å². The molecule has 0 fully saturated rings. The molecular weight excluding hydrogens is 170 g/mol. The molecule has 0 atom stereocenters. The first-order chi connectivity index (χ1) is 6.04. The van der Waals surface area contributed by atoms with Crippen LogP contribution in [0.5, 0.6) is 0 Å². The van der Waals surface area contributed by atoms with E-state index in [2.05, 4.69) is 11.9 Å². The van der Waals surface area contributed by atoms with Gasteiger partial charge in [0.15, 0.2) is 5.78 Å². The van der Waals surface area contributed by atoms with Crippen molar-refractivity contribution in [3.8, 4) is 0 Å². The third-order valence-corrected chi connectivity index (χ3v) is 1.56. The van der Waals surface area contributed by atoms with Crippen molar-refractivity contribution in [1.82, 2.24) is 5.32 Å². The Kier molecular flexibility index (Phi) is 5.53. The van der Waals surface area contributed by atoms with Gasteiger partial charge in [0.25, 0.3) is 0 Å². The van der Waals surface area contributed by atoms with E-state index >= 15 is 0 Å². The summed E-state index contributed by atoms with van der Waals surface area (Å²) in [5.41, 5.74) is -0.817. The minimum atomic E-state index is -0.817. The largest absolute Gasteiger partial charge is 0.369 e. The van der Waals surface area contributed by atoms with Crippen molar-refractivity contribution in [2.75, 3.05) is 20.6 Å². The van der Waals surface area contributed by atoms with Gasteiger partial charge in [0, 0.05) is 7.11 Å². The summed E-state index contributed by atoms with van der Waals surface area (Å²) in [7, 11) is 1.58. The number of hydrogen-bond acceptors (Lipinski definition) is 4. The fourth-order valence-electron chi connectivity index (χ4n) is 0.692. The summed E-state index contributed by atoms with van der Waals surface area (Å²) in [6.07, 6.45) is 1.26. The minimum Gasteiger partial charge on any atom is -0.369 e. The highest BCUT2D eigenvalue weighted by atomic mass is 16.5. The Morgan fingerprint density at radius 3 is 2.62 bits per heavy atom. The zero-order chi connectivity index (χ0) is 10.3. The molecule has 0 amide bonds. The standard InChI is InChI=1S/C9H17NO3/c1-5-8(11)9(2,3)13-7-10-6-12-4/h5,10H,1,6-7H2,2-4H3. The van der Waals surface area contributed by atoms with Crippen molar-refractivity contribution in [3.05, 3.63) is 12.7 Å². The third-order valence-electron chi connectivity index (χ3n) is 1.56. The van der Waals surface area contributed by atoms with E-state index in [1.165, 1.54) is 6.08 Å². The molecule has 0 bridgehead atoms. The summed E-state index contributed by atoms with van der Waals surface area (Å²) < 4.78 is 10.0. The monoisotopic (exact) mass is 187 g/mol. The predicted molar refractivity (Wildman–Crippen MR) is 50.2 cm³/mol. The first kappa shape index (κ1) is 12.3. The van der Waals surface area contributed by atoms with Crippen LogP contribution in [0.1, 0.15) is 13.8 Å². The quantitative estimate of drug-likeness (QED) is 0.362. The topological polar surface area (TPSA) is 47.6 Å². The molecule has 0 aliphatic heterocycles. The molecule has 0 heterocycles. The van der Waals surface area contributed by atoms with Gasteiger partial charge in [-0.05, 0) is 19.9 Å². The highest BCUT2D eigenvalue weighted by Gasteiger charge is 2.25. The molecule has 4 nitrogen and oxygen atoms in total. The second-order valence-corrected chi connectivity index (χ2v) is 3.05. The van der Waals surface area contributed by atoms with Gasteiger partial charge in [-0.1, -0.05) is 6.58 Å². The van der Waals surface area contributed by atoms with E-state index < -0.39 is 5.60 Å². The Bertz CT molecular complexity index is 178. The Morgan fingerprint density at radius 1 is 1.54 bits per heavy atom. The van der Waals surface area contributed by atoms with Gasteiger partial charge >= 0.3 is 0 Å². The van der Waals surface area contributed by atoms with Crippen LogP contribution in [0.3, 0.4) is 0 Å². The minimum absolute atomic E-state index is 0.133. The molecule has 0 unspecified atom stereocenters. The maximum atomic E-state index is 11.2. The molecule has 0 aromatic heterocycles. The van der Waals surface area contributed by atoms with Crippen LogP contribution in [-0.2, 0) is 14.3 Å². The summed E-state index contributed by atoms with van der Waals surface area (Å²) in [6, 6.07) is 0. The Balaban J connectivity index is 3.75. The molecule has 4 heteroatoms. The van der Waals surface area contributed by atoms with Gasteiger partial charge < -0.3 is 9.47 Å². The summed E-state index contributed by atoms with van der Waals surface area (Å²) >= 11 is 0. The van der Waals surface area contributed by atoms with Gasteiger partial charge in [-0.25, -0.2) is 0 Å². The Labute approximate surface area is 78.9 Å². The molecule has 13 heavy (non-hydrogen) atoms. The highest BCUT2D eigenvalue weighted by molar-refractivity contribution is 5.95. The van der Waals surface area contributed by atoms with Crippen molar-refractivity contribution in [2.24, 2.45) is 0 Å². The van der Waals surface area contributed by atoms with Crippen molar-refractivity contribution in [1.29, 1.82) is 0 Å². The van der Waals surface area contributed by atoms with Gasteiger partial charge in [-0.3, -0.25) is 10.1 Å². The van der Waals surface area contributed by atoms with Crippen molar-refractivity contribution >= 4 is 5.78 Å². The zero-order valence-corrected chi connectivity index (χ0v) is 8.42. The molecule has 0 rings (SSSR count). The zero-order valence-electron chi connectivity index (χ0n) is 8.42. The highest BCUT2D eigenvalue weighted by Crippen LogP contribution is 2.09. The summed E-state index contributed by atoms with van der Waals surface area (Å²) in [5.74, 6) is -0.133. The van der Waals surface area contributed by atoms with Crippen molar-refractivity contribution in [3.63, 3.8) is 0 Å². The molecule has 0 spiro atoms. The predicted octanol–water partition coefficient (Wildman–Crippen LogP) is 0.688. The summed E-state index contributed by atoms with van der Waals surface area (Å²) in [6.45, 7) is 7.48. The number of carbonyl (C=O) groups excluding carboxylic acids is 1. The van der Waals surface area contributed by atoms with Crippen LogP contribution < -0.4 is 5.32 Å². The van der Waals surface area contributed by atoms with Gasteiger partial charge in [-0.15, -0.1) is 0 Å². The summed E-state index contributed by atoms with van der Waals surface area (Å²) in [5, 5.41) is 2.84. The number of hydrogen-bond donors (Lipinski definition) is 1. The van der Waals surface area contributed by atoms with Gasteiger partial charge in [0.2, 0.25) is 0 Å². The Hall–Kier alpha value is -0.710. The maximum absolute atomic E-state index is 11.2. The molecular formula is C9H17NO3. The number of methoxy groups -OCH3 is 1. The molecule has 0 saturated carbocycles. The first-order valence-electron chi connectivity index (χ1n) is 4.05. The van der Waals surface area contributed by atoms with E-state index in [1.807, 2.05) is 0 Å². The van der Waals surface area contributed by atoms with E-state index in [1.54, 1.807) is 21.0 Å². The van der Waals surface area contributed by atoms with E-state index in [-0.39, 0.29) is 12.5 Å². The van der Waals surface area contributed by atoms with Crippen molar-refractivity contribution in [2.45, 2.75) is 19.4 Å². The van der Waals surface area contributed by atoms with Crippen LogP contribution in [0.25, 0.3) is 0 Å². The lowest BCUT2D eigenvalue weighted by Crippen LogP contribution is -2.37. The van der Waals surface area contributed by atoms with E-state index in [0.29, 0.717) is 6.73 Å². The second-order valence-electron chi connectivity index (χ2n) is 3.05. The van der Waals surface area contributed by atoms with Gasteiger partial charge in [0.05, 0.1) is 13.5 Å². The molecule has 0 aliphatic rings.